The minimum absolute atomic E-state index is 0.0722. The van der Waals surface area contributed by atoms with Crippen LogP contribution < -0.4 is 16.5 Å². The number of hydrogen-bond acceptors (Lipinski definition) is 22. The number of oxime groups is 1. The topological polar surface area (TPSA) is 299 Å². The molecule has 796 valence electrons. The molecule has 5 aliphatic heterocycles. The summed E-state index contributed by atoms with van der Waals surface area (Å²) < 4.78 is 407. The SMILES string of the molecule is C=C[C@H](OCC(=NO)c1ccccc1F)C(F)(F)F.C=C[C@H](OCC(=O)N(C)OC)C(F)(F)F.C=C[C@H](OCC(=O)OC(C)(C)C)C(F)(F)F.C=C[C@H](OCC(=O)c1ccccc1F)C(F)(F)F.FC(F)(F)[C@@H]1CO1.Fc1ccccc1[C@]12CO[C@H](C(F)(F)F)[C@H]1CON2.N[C@@]1(c2ccccc2F)CO[C@H](C(F)(F)F)[C@H]1CO.O=C(CC(=S)N[C@@]1(c2ccccc2F)CO[C@H](C(F)(F)F)[C@H]1CO)c1ccccc1. The Morgan fingerprint density at radius 2 is 0.881 bits per heavy atom. The lowest BCUT2D eigenvalue weighted by molar-refractivity contribution is -0.219. The third-order valence-electron chi connectivity index (χ3n) is 20.2. The highest BCUT2D eigenvalue weighted by atomic mass is 32.1. The maximum Gasteiger partial charge on any atom is 0.418 e. The van der Waals surface area contributed by atoms with Gasteiger partial charge in [-0.15, -0.1) is 26.3 Å². The number of amides is 1. The zero-order valence-corrected chi connectivity index (χ0v) is 76.0. The van der Waals surface area contributed by atoms with E-state index in [9.17, 15) is 157 Å². The van der Waals surface area contributed by atoms with E-state index >= 15 is 0 Å². The summed E-state index contributed by atoms with van der Waals surface area (Å²) in [5.74, 6) is -10.3. The van der Waals surface area contributed by atoms with Crippen LogP contribution in [-0.4, -0.2) is 245 Å². The van der Waals surface area contributed by atoms with Crippen molar-refractivity contribution in [2.75, 3.05) is 86.8 Å². The molecule has 5 heterocycles. The zero-order valence-electron chi connectivity index (χ0n) is 75.2. The summed E-state index contributed by atoms with van der Waals surface area (Å²) in [5, 5.41) is 34.0. The van der Waals surface area contributed by atoms with E-state index in [2.05, 4.69) is 75.5 Å². The normalized spacial score (nSPS) is 21.9. The highest BCUT2D eigenvalue weighted by Gasteiger charge is 2.65. The van der Waals surface area contributed by atoms with E-state index in [0.29, 0.717) is 29.9 Å². The number of esters is 1. The number of ketones is 2. The van der Waals surface area contributed by atoms with Crippen molar-refractivity contribution in [1.82, 2.24) is 15.9 Å². The number of nitrogens with one attached hydrogen (secondary N) is 2. The molecule has 23 nitrogen and oxygen atoms in total. The third kappa shape index (κ3) is 37.4. The number of Topliss-reactive ketones (excluding diaryl/α,β-unsaturated/α-hetero) is 2. The van der Waals surface area contributed by atoms with Gasteiger partial charge in [0.2, 0.25) is 0 Å². The van der Waals surface area contributed by atoms with E-state index in [1.165, 1.54) is 105 Å². The zero-order chi connectivity index (χ0) is 109. The number of halogens is 29. The van der Waals surface area contributed by atoms with Crippen molar-refractivity contribution in [3.63, 3.8) is 0 Å². The Morgan fingerprint density at radius 1 is 0.497 bits per heavy atom. The number of epoxide rings is 1. The van der Waals surface area contributed by atoms with Gasteiger partial charge in [0.15, 0.2) is 60.4 Å². The highest BCUT2D eigenvalue weighted by Crippen LogP contribution is 2.50. The number of benzene rings is 6. The minimum atomic E-state index is -4.77. The Bertz CT molecular complexity index is 5100. The van der Waals surface area contributed by atoms with Crippen molar-refractivity contribution in [1.29, 1.82) is 0 Å². The van der Waals surface area contributed by atoms with Gasteiger partial charge >= 0.3 is 55.4 Å². The van der Waals surface area contributed by atoms with Gasteiger partial charge in [0.1, 0.15) is 65.8 Å². The molecule has 11 rings (SSSR count). The molecule has 6 aromatic carbocycles. The molecule has 143 heavy (non-hydrogen) atoms. The molecular formula is C90H94F29N5O18S. The Morgan fingerprint density at radius 3 is 1.27 bits per heavy atom. The number of thiocarbonyl (C=S) groups is 1. The number of hydrogen-bond donors (Lipinski definition) is 6. The van der Waals surface area contributed by atoms with E-state index in [-0.39, 0.29) is 70.5 Å². The monoisotopic (exact) mass is 2120 g/mol. The lowest BCUT2D eigenvalue weighted by Crippen LogP contribution is -2.55. The van der Waals surface area contributed by atoms with Gasteiger partial charge in [0.25, 0.3) is 5.91 Å². The number of rotatable bonds is 28. The molecule has 0 aliphatic carbocycles. The van der Waals surface area contributed by atoms with Crippen LogP contribution in [0.5, 0.6) is 0 Å². The summed E-state index contributed by atoms with van der Waals surface area (Å²) in [7, 11) is 2.48. The number of nitrogens with two attached hydrogens (primary N) is 1. The number of aliphatic hydroxyl groups is 2. The fourth-order valence-electron chi connectivity index (χ4n) is 13.2. The number of ether oxygens (including phenoxy) is 9. The van der Waals surface area contributed by atoms with Crippen LogP contribution in [0, 0.1) is 46.8 Å². The van der Waals surface area contributed by atoms with E-state index in [4.69, 9.17) is 42.2 Å². The van der Waals surface area contributed by atoms with E-state index in [1.54, 1.807) is 57.2 Å². The average molecular weight is 2120 g/mol. The van der Waals surface area contributed by atoms with Gasteiger partial charge in [-0.2, -0.15) is 111 Å². The number of hydroxylamine groups is 3. The molecule has 0 spiro atoms. The van der Waals surface area contributed by atoms with Gasteiger partial charge in [-0.25, -0.2) is 31.8 Å². The Hall–Kier alpha value is -10.7. The van der Waals surface area contributed by atoms with Crippen LogP contribution >= 0.6 is 12.2 Å². The first kappa shape index (κ1) is 125. The second-order valence-corrected chi connectivity index (χ2v) is 31.8. The number of nitrogens with zero attached hydrogens (tertiary/aromatic N) is 2. The number of likely N-dealkylation sites (N-methyl/N-ethyl adjacent to an activating group) is 1. The second-order valence-electron chi connectivity index (χ2n) is 31.3. The summed E-state index contributed by atoms with van der Waals surface area (Å²) >= 11 is 5.24. The molecule has 0 unspecified atom stereocenters. The smallest absolute Gasteiger partial charge is 0.418 e. The van der Waals surface area contributed by atoms with Crippen molar-refractivity contribution in [2.45, 2.75) is 148 Å². The summed E-state index contributed by atoms with van der Waals surface area (Å²) in [6.45, 7) is 10.3. The van der Waals surface area contributed by atoms with Crippen molar-refractivity contribution >= 4 is 46.4 Å². The first-order valence-electron chi connectivity index (χ1n) is 41.0. The van der Waals surface area contributed by atoms with Gasteiger partial charge in [-0.05, 0) is 63.2 Å². The summed E-state index contributed by atoms with van der Waals surface area (Å²) in [5.41, 5.74) is 2.48. The molecular weight excluding hydrogens is 2020 g/mol. The van der Waals surface area contributed by atoms with Crippen molar-refractivity contribution in [3.8, 4) is 0 Å². The first-order chi connectivity index (χ1) is 66.2. The molecule has 0 bridgehead atoms. The van der Waals surface area contributed by atoms with E-state index in [0.717, 1.165) is 29.3 Å². The van der Waals surface area contributed by atoms with Crippen molar-refractivity contribution < 1.29 is 214 Å². The van der Waals surface area contributed by atoms with Gasteiger partial charge in [0, 0.05) is 52.6 Å². The van der Waals surface area contributed by atoms with E-state index in [1.807, 2.05) is 0 Å². The highest BCUT2D eigenvalue weighted by molar-refractivity contribution is 7.80. The number of fused-ring (bicyclic) bond motifs is 1. The fourth-order valence-corrected chi connectivity index (χ4v) is 13.5. The lowest BCUT2D eigenvalue weighted by atomic mass is 9.77. The molecule has 0 radical (unpaired) electrons. The van der Waals surface area contributed by atoms with Crippen molar-refractivity contribution in [3.05, 3.63) is 265 Å². The maximum atomic E-state index is 14.6. The largest absolute Gasteiger partial charge is 0.458 e. The number of alkyl halides is 24. The molecule has 5 saturated heterocycles. The van der Waals surface area contributed by atoms with Crippen LogP contribution in [0.3, 0.4) is 0 Å². The fraction of sp³-hybridized carbons (Fsp3) is 0.444. The van der Waals surface area contributed by atoms with E-state index < -0.39 is 238 Å². The van der Waals surface area contributed by atoms with Crippen LogP contribution in [0.25, 0.3) is 0 Å². The molecule has 7 N–H and O–H groups in total. The average Bonchev–Trinajstić information content (AvgIpc) is 1.58. The summed E-state index contributed by atoms with van der Waals surface area (Å²) in [6, 6.07) is 34.8. The molecule has 6 aromatic rings. The van der Waals surface area contributed by atoms with Crippen LogP contribution in [0.2, 0.25) is 0 Å². The Labute approximate surface area is 801 Å². The molecule has 0 saturated carbocycles. The van der Waals surface area contributed by atoms with Gasteiger partial charge < -0.3 is 73.9 Å². The van der Waals surface area contributed by atoms with Gasteiger partial charge in [-0.3, -0.25) is 19.2 Å². The minimum Gasteiger partial charge on any atom is -0.458 e. The lowest BCUT2D eigenvalue weighted by Gasteiger charge is -2.37. The standard InChI is InChI=1S/C21H19F4NO3S.C12H11F4NO2.C12H13F4NO2.C12H11F4NO2.C12H10F4O2.C10H15F3O3.C8H12F3NO3.C3H3F3O/c22-16-9-5-4-8-14(16)20(12-29-19(15(20)11-27)21(23,24)25)26-18(30)10-17(28)13-6-2-1-3-7-13;13-9-4-2-1-3-7(9)11-6-18-10(12(14,15)16)8(11)5-19-17-11;13-9-4-2-1-3-7(9)11(17)6-19-10(8(11)5-18)12(14,15)16;1-2-11(12(14,15)16)19-7-10(17-18)8-5-3-4-6-9(8)13;1-2-11(12(14,15)16)18-7-10(17)8-5-3-4-6-9(8)13;1-5-7(10(11,12)13)15-6-8(14)16-9(2,3)4;1-4-6(8(9,10)11)15-5-7(13)12(2)14-3;4-3(5,6)2-1-7-2/h1-9,15,19,27H,10-12H2,(H,26,30);1-4,8,10,17H,5-6H2;1-4,8,10,18H,5-6,17H2;2-6,11,18H,1,7H2;2-6,11H,1,7H2;5,7H,1,6H2,2-4H3;4,6H,1,5H2,2-3H3;2H,1H2/t15-,19+,20-;2*8-,10+,11-;2*11-;7-;6-;2-/m11100000/s1. The molecule has 5 aliphatic rings. The van der Waals surface area contributed by atoms with Crippen molar-refractivity contribution in [2.24, 2.45) is 28.6 Å². The molecule has 0 aromatic heterocycles. The molecule has 5 fully saturated rings. The third-order valence-corrected chi connectivity index (χ3v) is 20.4. The number of carbonyl (C=O) groups is 4. The van der Waals surface area contributed by atoms with Gasteiger partial charge in [-0.1, -0.05) is 151 Å². The summed E-state index contributed by atoms with van der Waals surface area (Å²) in [6.07, 6.45) is -51.1. The van der Waals surface area contributed by atoms with Crippen LogP contribution in [0.15, 0.2) is 207 Å². The predicted octanol–water partition coefficient (Wildman–Crippen LogP) is 18.3. The van der Waals surface area contributed by atoms with Crippen LogP contribution in [0.4, 0.5) is 127 Å². The van der Waals surface area contributed by atoms with Crippen LogP contribution in [-0.2, 0) is 78.5 Å². The number of carbonyl (C=O) groups excluding carboxylic acids is 4. The van der Waals surface area contributed by atoms with Crippen LogP contribution in [0.1, 0.15) is 70.2 Å². The molecule has 14 atom stereocenters. The quantitative estimate of drug-likeness (QED) is 0.00306. The Kier molecular flexibility index (Phi) is 47.0. The number of aliphatic hydroxyl groups excluding tert-OH is 2. The molecule has 53 heteroatoms. The maximum absolute atomic E-state index is 14.6. The van der Waals surface area contributed by atoms with Gasteiger partial charge in [0.05, 0.1) is 88.0 Å². The molecule has 1 amide bonds. The Balaban J connectivity index is 0.000000347. The predicted molar refractivity (Wildman–Crippen MR) is 451 cm³/mol. The second kappa shape index (κ2) is 54.0. The first-order valence-corrected chi connectivity index (χ1v) is 41.4. The summed E-state index contributed by atoms with van der Waals surface area (Å²) in [4.78, 5) is 55.3.